The molecule has 0 heterocycles. The van der Waals surface area contributed by atoms with Crippen molar-refractivity contribution in [2.24, 2.45) is 0 Å². The molecule has 114 valence electrons. The predicted octanol–water partition coefficient (Wildman–Crippen LogP) is 1.90. The van der Waals surface area contributed by atoms with Crippen molar-refractivity contribution in [2.45, 2.75) is 18.9 Å². The molecule has 0 unspecified atom stereocenters. The van der Waals surface area contributed by atoms with Gasteiger partial charge in [-0.25, -0.2) is 0 Å². The third-order valence-corrected chi connectivity index (χ3v) is 3.80. The second-order valence-corrected chi connectivity index (χ2v) is 5.69. The molecule has 0 aliphatic heterocycles. The van der Waals surface area contributed by atoms with Crippen LogP contribution >= 0.6 is 0 Å². The van der Waals surface area contributed by atoms with Crippen molar-refractivity contribution in [3.8, 4) is 5.75 Å². The molecule has 0 radical (unpaired) electrons. The molecule has 1 aliphatic carbocycles. The third-order valence-electron chi connectivity index (χ3n) is 3.80. The van der Waals surface area contributed by atoms with Gasteiger partial charge >= 0.3 is 0 Å². The highest BCUT2D eigenvalue weighted by Gasteiger charge is 2.25. The van der Waals surface area contributed by atoms with E-state index >= 15 is 0 Å². The van der Waals surface area contributed by atoms with Crippen molar-refractivity contribution in [3.63, 3.8) is 0 Å². The molecule has 2 amide bonds. The smallest absolute Gasteiger partial charge is 0.257 e. The molecule has 5 nitrogen and oxygen atoms in total. The van der Waals surface area contributed by atoms with Crippen LogP contribution in [0.2, 0.25) is 0 Å². The topological polar surface area (TPSA) is 69.6 Å². The molecule has 0 spiro atoms. The lowest BCUT2D eigenvalue weighted by molar-refractivity contribution is -0.121. The Kier molecular flexibility index (Phi) is 3.71. The van der Waals surface area contributed by atoms with Crippen LogP contribution in [0.15, 0.2) is 36.4 Å². The van der Waals surface area contributed by atoms with Gasteiger partial charge in [0.15, 0.2) is 0 Å². The van der Waals surface area contributed by atoms with Gasteiger partial charge in [-0.2, -0.15) is 0 Å². The fraction of sp³-hybridized carbons (Fsp3) is 0.294. The molecule has 0 aromatic heterocycles. The molecular weight excluding hydrogens is 280 g/mol. The van der Waals surface area contributed by atoms with Gasteiger partial charge in [-0.1, -0.05) is 30.3 Å². The maximum absolute atomic E-state index is 12.4. The highest BCUT2D eigenvalue weighted by atomic mass is 16.3. The van der Waals surface area contributed by atoms with Gasteiger partial charge in [-0.3, -0.25) is 9.59 Å². The first kappa shape index (κ1) is 14.4. The second-order valence-electron chi connectivity index (χ2n) is 5.69. The van der Waals surface area contributed by atoms with Crippen LogP contribution in [0.4, 0.5) is 0 Å². The minimum atomic E-state index is -0.366. The number of fused-ring (bicyclic) bond motifs is 1. The summed E-state index contributed by atoms with van der Waals surface area (Å²) in [5, 5.41) is 14.6. The fourth-order valence-electron chi connectivity index (χ4n) is 2.42. The molecule has 3 rings (SSSR count). The molecule has 22 heavy (non-hydrogen) atoms. The molecule has 0 saturated heterocycles. The number of likely N-dealkylation sites (N-methyl/N-ethyl adjacent to an activating group) is 1. The van der Waals surface area contributed by atoms with E-state index in [2.05, 4.69) is 5.32 Å². The van der Waals surface area contributed by atoms with Gasteiger partial charge in [-0.15, -0.1) is 0 Å². The quantitative estimate of drug-likeness (QED) is 0.905. The Morgan fingerprint density at radius 2 is 1.95 bits per heavy atom. The van der Waals surface area contributed by atoms with Crippen LogP contribution in [0.3, 0.4) is 0 Å². The largest absolute Gasteiger partial charge is 0.506 e. The Hall–Kier alpha value is -2.56. The van der Waals surface area contributed by atoms with Crippen LogP contribution in [-0.4, -0.2) is 41.5 Å². The number of hydrogen-bond acceptors (Lipinski definition) is 3. The van der Waals surface area contributed by atoms with Crippen molar-refractivity contribution in [2.75, 3.05) is 13.6 Å². The molecule has 2 aromatic rings. The van der Waals surface area contributed by atoms with E-state index in [-0.39, 0.29) is 35.7 Å². The summed E-state index contributed by atoms with van der Waals surface area (Å²) in [6.07, 6.45) is 2.02. The van der Waals surface area contributed by atoms with Gasteiger partial charge in [0, 0.05) is 18.5 Å². The number of carbonyl (C=O) groups is 2. The lowest BCUT2D eigenvalue weighted by Gasteiger charge is -2.18. The fourth-order valence-corrected chi connectivity index (χ4v) is 2.42. The maximum atomic E-state index is 12.4. The first-order valence-corrected chi connectivity index (χ1v) is 7.32. The van der Waals surface area contributed by atoms with Gasteiger partial charge in [0.05, 0.1) is 12.1 Å². The summed E-state index contributed by atoms with van der Waals surface area (Å²) in [6.45, 7) is -0.0123. The lowest BCUT2D eigenvalue weighted by Crippen LogP contribution is -2.39. The van der Waals surface area contributed by atoms with Crippen molar-refractivity contribution in [1.29, 1.82) is 0 Å². The lowest BCUT2D eigenvalue weighted by atomic mass is 10.0. The van der Waals surface area contributed by atoms with Crippen LogP contribution in [0, 0.1) is 0 Å². The Morgan fingerprint density at radius 1 is 1.23 bits per heavy atom. The number of aromatic hydroxyl groups is 1. The molecular formula is C17H18N2O3. The van der Waals surface area contributed by atoms with Crippen LogP contribution in [0.1, 0.15) is 23.2 Å². The number of nitrogens with zero attached hydrogens (tertiary/aromatic N) is 1. The average molecular weight is 298 g/mol. The number of phenols is 1. The van der Waals surface area contributed by atoms with Gasteiger partial charge in [0.1, 0.15) is 5.75 Å². The van der Waals surface area contributed by atoms with Gasteiger partial charge < -0.3 is 15.3 Å². The zero-order valence-corrected chi connectivity index (χ0v) is 12.4. The Bertz CT molecular complexity index is 738. The summed E-state index contributed by atoms with van der Waals surface area (Å²) >= 11 is 0. The standard InChI is InChI=1S/C17H18N2O3/c1-19(10-15(20)18-12-7-8-12)17(22)14-9-6-11-4-2-3-5-13(11)16(14)21/h2-6,9,12,21H,7-8,10H2,1H3,(H,18,20). The average Bonchev–Trinajstić information content (AvgIpc) is 3.31. The van der Waals surface area contributed by atoms with Gasteiger partial charge in [0.2, 0.25) is 5.91 Å². The number of phenolic OH excluding ortho intramolecular Hbond substituents is 1. The van der Waals surface area contributed by atoms with Crippen molar-refractivity contribution < 1.29 is 14.7 Å². The van der Waals surface area contributed by atoms with Crippen LogP contribution in [0.5, 0.6) is 5.75 Å². The van der Waals surface area contributed by atoms with E-state index in [9.17, 15) is 14.7 Å². The third kappa shape index (κ3) is 2.88. The van der Waals surface area contributed by atoms with Crippen LogP contribution < -0.4 is 5.32 Å². The monoisotopic (exact) mass is 298 g/mol. The Morgan fingerprint density at radius 3 is 2.68 bits per heavy atom. The van der Waals surface area contributed by atoms with Crippen LogP contribution in [-0.2, 0) is 4.79 Å². The normalized spacial score (nSPS) is 13.9. The predicted molar refractivity (Wildman–Crippen MR) is 83.7 cm³/mol. The highest BCUT2D eigenvalue weighted by Crippen LogP contribution is 2.29. The number of benzene rings is 2. The van der Waals surface area contributed by atoms with E-state index in [0.29, 0.717) is 5.39 Å². The van der Waals surface area contributed by atoms with Crippen molar-refractivity contribution >= 4 is 22.6 Å². The summed E-state index contributed by atoms with van der Waals surface area (Å²) in [5.74, 6) is -0.578. The summed E-state index contributed by atoms with van der Waals surface area (Å²) in [5.41, 5.74) is 0.209. The van der Waals surface area contributed by atoms with E-state index in [0.717, 1.165) is 18.2 Å². The molecule has 2 aromatic carbocycles. The van der Waals surface area contributed by atoms with E-state index < -0.39 is 0 Å². The number of rotatable bonds is 4. The molecule has 2 N–H and O–H groups in total. The number of carbonyl (C=O) groups excluding carboxylic acids is 2. The molecule has 1 saturated carbocycles. The first-order chi connectivity index (χ1) is 10.6. The van der Waals surface area contributed by atoms with E-state index in [1.165, 1.54) is 4.90 Å². The Balaban J connectivity index is 1.78. The van der Waals surface area contributed by atoms with Crippen LogP contribution in [0.25, 0.3) is 10.8 Å². The minimum absolute atomic E-state index is 0.0123. The molecule has 0 bridgehead atoms. The number of hydrogen-bond donors (Lipinski definition) is 2. The van der Waals surface area contributed by atoms with Crippen molar-refractivity contribution in [1.82, 2.24) is 10.2 Å². The van der Waals surface area contributed by atoms with E-state index in [1.807, 2.05) is 18.2 Å². The SMILES string of the molecule is CN(CC(=O)NC1CC1)C(=O)c1ccc2ccccc2c1O. The second kappa shape index (κ2) is 5.67. The highest BCUT2D eigenvalue weighted by molar-refractivity contribution is 6.04. The van der Waals surface area contributed by atoms with E-state index in [1.54, 1.807) is 25.2 Å². The van der Waals surface area contributed by atoms with E-state index in [4.69, 9.17) is 0 Å². The number of amides is 2. The first-order valence-electron chi connectivity index (χ1n) is 7.32. The Labute approximate surface area is 128 Å². The molecule has 5 heteroatoms. The molecule has 1 fully saturated rings. The summed E-state index contributed by atoms with van der Waals surface area (Å²) in [6, 6.07) is 11.0. The van der Waals surface area contributed by atoms with Gasteiger partial charge in [-0.05, 0) is 24.3 Å². The minimum Gasteiger partial charge on any atom is -0.506 e. The maximum Gasteiger partial charge on any atom is 0.257 e. The zero-order valence-electron chi connectivity index (χ0n) is 12.4. The summed E-state index contributed by atoms with van der Waals surface area (Å²) in [7, 11) is 1.56. The summed E-state index contributed by atoms with van der Waals surface area (Å²) in [4.78, 5) is 25.5. The summed E-state index contributed by atoms with van der Waals surface area (Å²) < 4.78 is 0. The molecule has 1 aliphatic rings. The van der Waals surface area contributed by atoms with Crippen molar-refractivity contribution in [3.05, 3.63) is 42.0 Å². The zero-order chi connectivity index (χ0) is 15.7. The molecule has 0 atom stereocenters. The van der Waals surface area contributed by atoms with Gasteiger partial charge in [0.25, 0.3) is 5.91 Å². The number of nitrogens with one attached hydrogen (secondary N) is 1.